The van der Waals surface area contributed by atoms with E-state index >= 15 is 0 Å². The van der Waals surface area contributed by atoms with Crippen molar-refractivity contribution in [3.05, 3.63) is 32.7 Å². The van der Waals surface area contributed by atoms with Crippen LogP contribution in [0.4, 0.5) is 0 Å². The summed E-state index contributed by atoms with van der Waals surface area (Å²) >= 11 is 0. The third-order valence-corrected chi connectivity index (χ3v) is 4.68. The summed E-state index contributed by atoms with van der Waals surface area (Å²) in [4.78, 5) is 35.8. The molecule has 1 aliphatic carbocycles. The van der Waals surface area contributed by atoms with Crippen molar-refractivity contribution in [2.45, 2.75) is 39.2 Å². The first-order chi connectivity index (χ1) is 11.3. The first-order valence-electron chi connectivity index (χ1n) is 7.74. The molecule has 0 unspecified atom stereocenters. The average molecular weight is 333 g/mol. The van der Waals surface area contributed by atoms with E-state index in [0.29, 0.717) is 5.52 Å². The topological polar surface area (TPSA) is 113 Å². The van der Waals surface area contributed by atoms with Crippen LogP contribution in [0.1, 0.15) is 40.5 Å². The zero-order chi connectivity index (χ0) is 17.8. The van der Waals surface area contributed by atoms with E-state index < -0.39 is 29.0 Å². The predicted octanol–water partition coefficient (Wildman–Crippen LogP) is 0.344. The van der Waals surface area contributed by atoms with E-state index in [1.54, 1.807) is 4.52 Å². The molecule has 2 aromatic heterocycles. The summed E-state index contributed by atoms with van der Waals surface area (Å²) in [5.41, 5.74) is 2.27. The number of rotatable bonds is 3. The Labute approximate surface area is 137 Å². The van der Waals surface area contributed by atoms with Gasteiger partial charge in [-0.15, -0.1) is 0 Å². The fraction of sp³-hybridized carbons (Fsp3) is 0.438. The zero-order valence-electron chi connectivity index (χ0n) is 13.7. The minimum Gasteiger partial charge on any atom is -0.505 e. The van der Waals surface area contributed by atoms with Crippen molar-refractivity contribution < 1.29 is 19.8 Å². The molecule has 2 aromatic rings. The number of nitrogens with one attached hydrogen (secondary N) is 1. The summed E-state index contributed by atoms with van der Waals surface area (Å²) in [7, 11) is 1.52. The van der Waals surface area contributed by atoms with Crippen LogP contribution < -0.4 is 10.9 Å². The lowest BCUT2D eigenvalue weighted by atomic mass is 10.1. The summed E-state index contributed by atoms with van der Waals surface area (Å²) < 4.78 is 2.90. The van der Waals surface area contributed by atoms with Crippen molar-refractivity contribution >= 4 is 17.4 Å². The van der Waals surface area contributed by atoms with E-state index in [1.807, 2.05) is 6.92 Å². The summed E-state index contributed by atoms with van der Waals surface area (Å²) in [6.45, 7) is 3.17. The van der Waals surface area contributed by atoms with Gasteiger partial charge in [0.2, 0.25) is 0 Å². The van der Waals surface area contributed by atoms with Crippen molar-refractivity contribution in [1.82, 2.24) is 14.5 Å². The Hall–Kier alpha value is -2.77. The molecule has 3 N–H and O–H groups in total. The zero-order valence-corrected chi connectivity index (χ0v) is 13.7. The Morgan fingerprint density at radius 2 is 1.88 bits per heavy atom. The van der Waals surface area contributed by atoms with Gasteiger partial charge in [0.15, 0.2) is 5.75 Å². The molecule has 1 aliphatic rings. The quantitative estimate of drug-likeness (QED) is 0.750. The van der Waals surface area contributed by atoms with E-state index in [9.17, 15) is 19.5 Å². The summed E-state index contributed by atoms with van der Waals surface area (Å²) in [6.07, 6.45) is 2.60. The first-order valence-corrected chi connectivity index (χ1v) is 7.74. The highest BCUT2D eigenvalue weighted by molar-refractivity contribution is 6.00. The molecule has 0 aromatic carbocycles. The van der Waals surface area contributed by atoms with E-state index in [2.05, 4.69) is 5.32 Å². The van der Waals surface area contributed by atoms with E-state index in [0.717, 1.165) is 36.1 Å². The highest BCUT2D eigenvalue weighted by Crippen LogP contribution is 2.36. The molecule has 0 spiro atoms. The van der Waals surface area contributed by atoms with Crippen molar-refractivity contribution in [2.24, 2.45) is 7.05 Å². The number of aromatic nitrogens is 2. The van der Waals surface area contributed by atoms with Gasteiger partial charge < -0.3 is 15.5 Å². The lowest BCUT2D eigenvalue weighted by molar-refractivity contribution is -0.138. The molecule has 0 fully saturated rings. The minimum atomic E-state index is -1.22. The SMILES string of the molecule is Cc1c2c(c3c(O)c(C(=O)N[C@@H](C)C(=O)O)c(=O)n(C)n13)CCC2. The molecule has 8 heteroatoms. The number of fused-ring (bicyclic) bond motifs is 3. The van der Waals surface area contributed by atoms with E-state index in [1.165, 1.54) is 18.7 Å². The van der Waals surface area contributed by atoms with Crippen LogP contribution in [0.2, 0.25) is 0 Å². The van der Waals surface area contributed by atoms with Crippen LogP contribution in [-0.2, 0) is 24.7 Å². The maximum Gasteiger partial charge on any atom is 0.325 e. The average Bonchev–Trinajstić information content (AvgIpc) is 3.07. The van der Waals surface area contributed by atoms with Crippen molar-refractivity contribution in [1.29, 1.82) is 0 Å². The first kappa shape index (κ1) is 16.1. The smallest absolute Gasteiger partial charge is 0.325 e. The molecule has 8 nitrogen and oxygen atoms in total. The largest absolute Gasteiger partial charge is 0.505 e. The molecule has 0 aliphatic heterocycles. The van der Waals surface area contributed by atoms with Gasteiger partial charge in [0.05, 0.1) is 0 Å². The fourth-order valence-corrected chi connectivity index (χ4v) is 3.45. The third-order valence-electron chi connectivity index (χ3n) is 4.68. The van der Waals surface area contributed by atoms with Gasteiger partial charge >= 0.3 is 5.97 Å². The molecule has 0 saturated carbocycles. The summed E-state index contributed by atoms with van der Waals surface area (Å²) in [5.74, 6) is -2.50. The number of aliphatic carboxylic acids is 1. The Kier molecular flexibility index (Phi) is 3.62. The normalized spacial score (nSPS) is 14.6. The lowest BCUT2D eigenvalue weighted by Crippen LogP contribution is -2.42. The number of nitrogens with zero attached hydrogens (tertiary/aromatic N) is 2. The van der Waals surface area contributed by atoms with E-state index in [4.69, 9.17) is 5.11 Å². The highest BCUT2D eigenvalue weighted by Gasteiger charge is 2.29. The predicted molar refractivity (Wildman–Crippen MR) is 85.6 cm³/mol. The van der Waals surface area contributed by atoms with Gasteiger partial charge in [0.1, 0.15) is 17.1 Å². The Bertz CT molecular complexity index is 938. The highest BCUT2D eigenvalue weighted by atomic mass is 16.4. The molecular weight excluding hydrogens is 314 g/mol. The number of aryl methyl sites for hydroxylation is 3. The number of hydrogen-bond acceptors (Lipinski definition) is 4. The Morgan fingerprint density at radius 3 is 2.50 bits per heavy atom. The minimum absolute atomic E-state index is 0.389. The van der Waals surface area contributed by atoms with Crippen molar-refractivity contribution in [2.75, 3.05) is 0 Å². The monoisotopic (exact) mass is 333 g/mol. The van der Waals surface area contributed by atoms with Gasteiger partial charge in [-0.3, -0.25) is 18.9 Å². The van der Waals surface area contributed by atoms with Crippen LogP contribution in [0.15, 0.2) is 4.79 Å². The van der Waals surface area contributed by atoms with E-state index in [-0.39, 0.29) is 5.75 Å². The second-order valence-corrected chi connectivity index (χ2v) is 6.14. The number of carbonyl (C=O) groups is 2. The molecule has 1 amide bonds. The third kappa shape index (κ3) is 2.10. The molecule has 2 heterocycles. The van der Waals surface area contributed by atoms with Crippen LogP contribution in [0.25, 0.3) is 5.52 Å². The number of carbonyl (C=O) groups excluding carboxylic acids is 1. The van der Waals surface area contributed by atoms with Crippen LogP contribution in [0, 0.1) is 6.92 Å². The molecule has 3 rings (SSSR count). The second kappa shape index (κ2) is 5.40. The number of aromatic hydroxyl groups is 1. The summed E-state index contributed by atoms with van der Waals surface area (Å²) in [6, 6.07) is -1.17. The van der Waals surface area contributed by atoms with Gasteiger partial charge in [-0.05, 0) is 44.2 Å². The number of hydrogen-bond donors (Lipinski definition) is 3. The molecule has 0 bridgehead atoms. The van der Waals surface area contributed by atoms with Gasteiger partial charge in [-0.2, -0.15) is 0 Å². The number of amides is 1. The molecule has 1 atom stereocenters. The van der Waals surface area contributed by atoms with Crippen molar-refractivity contribution in [3.63, 3.8) is 0 Å². The molecule has 0 saturated heterocycles. The van der Waals surface area contributed by atoms with Crippen LogP contribution in [0.5, 0.6) is 5.75 Å². The van der Waals surface area contributed by atoms with Crippen molar-refractivity contribution in [3.8, 4) is 5.75 Å². The molecule has 24 heavy (non-hydrogen) atoms. The van der Waals surface area contributed by atoms with Gasteiger partial charge in [-0.1, -0.05) is 0 Å². The number of carboxylic acid groups (broad SMARTS) is 1. The standard InChI is InChI=1S/C16H19N3O5/c1-7(16(23)24)17-14(21)11-13(20)12-10-6-4-5-9(10)8(2)19(12)18(3)15(11)22/h7,20H,4-6H2,1-3H3,(H,17,21)(H,23,24)/t7-/m0/s1. The van der Waals surface area contributed by atoms with Crippen LogP contribution in [-0.4, -0.2) is 37.3 Å². The second-order valence-electron chi connectivity index (χ2n) is 6.14. The van der Waals surface area contributed by atoms with Gasteiger partial charge in [-0.25, -0.2) is 4.68 Å². The fourth-order valence-electron chi connectivity index (χ4n) is 3.45. The van der Waals surface area contributed by atoms with Crippen LogP contribution in [0.3, 0.4) is 0 Å². The molecule has 128 valence electrons. The van der Waals surface area contributed by atoms with Gasteiger partial charge in [0, 0.05) is 12.7 Å². The Balaban J connectivity index is 2.25. The molecule has 0 radical (unpaired) electrons. The Morgan fingerprint density at radius 1 is 1.25 bits per heavy atom. The lowest BCUT2D eigenvalue weighted by Gasteiger charge is -2.14. The molecular formula is C16H19N3O5. The van der Waals surface area contributed by atoms with Gasteiger partial charge in [0.25, 0.3) is 11.5 Å². The van der Waals surface area contributed by atoms with Crippen LogP contribution >= 0.6 is 0 Å². The maximum atomic E-state index is 12.5. The number of carboxylic acids is 1. The maximum absolute atomic E-state index is 12.5. The summed E-state index contributed by atoms with van der Waals surface area (Å²) in [5, 5.41) is 21.7.